The van der Waals surface area contributed by atoms with E-state index in [-0.39, 0.29) is 22.8 Å². The maximum absolute atomic E-state index is 14.7. The molecule has 3 rings (SSSR count). The van der Waals surface area contributed by atoms with Crippen LogP contribution >= 0.6 is 0 Å². The quantitative estimate of drug-likeness (QED) is 0.305. The standard InChI is InChI=1S/C23H24F7NO3/c1-3-4-9-16-13(2)31-18-11-10-14(21(24,22(25,26)27)23(28,29)30)12-17(18)19(16)34-20(32)33-15-7-5-6-8-15/h10-12,15H,3-9H2,1-2H3. The van der Waals surface area contributed by atoms with Gasteiger partial charge in [-0.15, -0.1) is 0 Å². The number of unbranched alkanes of at least 4 members (excludes halogenated alkanes) is 1. The molecular weight excluding hydrogens is 471 g/mol. The number of carbonyl (C=O) groups excluding carboxylic acids is 1. The zero-order valence-corrected chi connectivity index (χ0v) is 18.6. The largest absolute Gasteiger partial charge is 0.514 e. The fourth-order valence-corrected chi connectivity index (χ4v) is 4.11. The third-order valence-electron chi connectivity index (χ3n) is 5.95. The SMILES string of the molecule is CCCCc1c(C)nc2ccc(C(F)(C(F)(F)F)C(F)(F)F)cc2c1OC(=O)OC1CCCC1. The molecule has 1 fully saturated rings. The second-order valence-electron chi connectivity index (χ2n) is 8.37. The van der Waals surface area contributed by atoms with Gasteiger partial charge in [0, 0.05) is 22.2 Å². The van der Waals surface area contributed by atoms with E-state index in [4.69, 9.17) is 9.47 Å². The van der Waals surface area contributed by atoms with E-state index < -0.39 is 29.7 Å². The first kappa shape index (κ1) is 26.0. The summed E-state index contributed by atoms with van der Waals surface area (Å²) >= 11 is 0. The predicted octanol–water partition coefficient (Wildman–Crippen LogP) is 7.63. The lowest BCUT2D eigenvalue weighted by Gasteiger charge is -2.30. The average molecular weight is 495 g/mol. The number of alkyl halides is 7. The molecule has 1 aliphatic carbocycles. The summed E-state index contributed by atoms with van der Waals surface area (Å²) < 4.78 is 105. The van der Waals surface area contributed by atoms with Crippen LogP contribution in [0.5, 0.6) is 5.75 Å². The zero-order chi connectivity index (χ0) is 25.3. The number of carbonyl (C=O) groups is 1. The van der Waals surface area contributed by atoms with Crippen LogP contribution in [-0.4, -0.2) is 29.6 Å². The van der Waals surface area contributed by atoms with Crippen LogP contribution in [-0.2, 0) is 16.8 Å². The Kier molecular flexibility index (Phi) is 7.33. The number of nitrogens with zero attached hydrogens (tertiary/aromatic N) is 1. The van der Waals surface area contributed by atoms with E-state index in [1.54, 1.807) is 6.92 Å². The molecule has 0 unspecified atom stereocenters. The van der Waals surface area contributed by atoms with Crippen molar-refractivity contribution in [3.05, 3.63) is 35.0 Å². The van der Waals surface area contributed by atoms with Crippen molar-refractivity contribution in [2.75, 3.05) is 0 Å². The van der Waals surface area contributed by atoms with E-state index in [0.717, 1.165) is 18.9 Å². The molecule has 2 aromatic rings. The van der Waals surface area contributed by atoms with Gasteiger partial charge >= 0.3 is 24.2 Å². The molecule has 0 bridgehead atoms. The van der Waals surface area contributed by atoms with Crippen LogP contribution in [0, 0.1) is 6.92 Å². The Bertz CT molecular complexity index is 1030. The lowest BCUT2D eigenvalue weighted by Crippen LogP contribution is -2.50. The summed E-state index contributed by atoms with van der Waals surface area (Å²) in [5, 5.41) is -0.340. The lowest BCUT2D eigenvalue weighted by molar-refractivity contribution is -0.348. The van der Waals surface area contributed by atoms with Gasteiger partial charge in [-0.1, -0.05) is 19.4 Å². The number of aryl methyl sites for hydroxylation is 1. The normalized spacial score (nSPS) is 15.7. The Balaban J connectivity index is 2.17. The number of pyridine rings is 1. The summed E-state index contributed by atoms with van der Waals surface area (Å²) in [4.78, 5) is 16.7. The van der Waals surface area contributed by atoms with E-state index >= 15 is 0 Å². The van der Waals surface area contributed by atoms with Gasteiger partial charge in [0.1, 0.15) is 11.9 Å². The number of hydrogen-bond donors (Lipinski definition) is 0. The molecule has 1 aromatic heterocycles. The maximum Gasteiger partial charge on any atom is 0.514 e. The molecule has 0 radical (unpaired) electrons. The zero-order valence-electron chi connectivity index (χ0n) is 18.6. The van der Waals surface area contributed by atoms with Gasteiger partial charge in [0.15, 0.2) is 0 Å². The predicted molar refractivity (Wildman–Crippen MR) is 109 cm³/mol. The van der Waals surface area contributed by atoms with Crippen LogP contribution in [0.1, 0.15) is 62.3 Å². The third kappa shape index (κ3) is 4.93. The van der Waals surface area contributed by atoms with Gasteiger partial charge in [0.05, 0.1) is 5.52 Å². The first-order valence-electron chi connectivity index (χ1n) is 10.9. The first-order chi connectivity index (χ1) is 15.8. The maximum atomic E-state index is 14.7. The molecule has 0 N–H and O–H groups in total. The Morgan fingerprint density at radius 1 is 1.06 bits per heavy atom. The molecule has 34 heavy (non-hydrogen) atoms. The number of hydrogen-bond acceptors (Lipinski definition) is 4. The van der Waals surface area contributed by atoms with Crippen LogP contribution < -0.4 is 4.74 Å². The molecule has 11 heteroatoms. The van der Waals surface area contributed by atoms with Crippen LogP contribution in [0.3, 0.4) is 0 Å². The molecule has 4 nitrogen and oxygen atoms in total. The van der Waals surface area contributed by atoms with E-state index in [9.17, 15) is 35.5 Å². The third-order valence-corrected chi connectivity index (χ3v) is 5.95. The highest BCUT2D eigenvalue weighted by Gasteiger charge is 2.73. The summed E-state index contributed by atoms with van der Waals surface area (Å²) in [6.07, 6.45) is -9.51. The fourth-order valence-electron chi connectivity index (χ4n) is 4.11. The number of aromatic nitrogens is 1. The van der Waals surface area contributed by atoms with E-state index in [0.29, 0.717) is 55.5 Å². The van der Waals surface area contributed by atoms with Crippen molar-refractivity contribution in [2.24, 2.45) is 0 Å². The minimum atomic E-state index is -6.27. The molecule has 1 heterocycles. The van der Waals surface area contributed by atoms with E-state index in [2.05, 4.69) is 4.98 Å². The first-order valence-corrected chi connectivity index (χ1v) is 10.9. The number of benzene rings is 1. The molecule has 0 aliphatic heterocycles. The molecule has 188 valence electrons. The topological polar surface area (TPSA) is 48.4 Å². The number of fused-ring (bicyclic) bond motifs is 1. The van der Waals surface area contributed by atoms with Crippen molar-refractivity contribution in [3.63, 3.8) is 0 Å². The second kappa shape index (κ2) is 9.58. The minimum Gasteiger partial charge on any atom is -0.431 e. The van der Waals surface area contributed by atoms with Crippen LogP contribution in [0.25, 0.3) is 10.9 Å². The summed E-state index contributed by atoms with van der Waals surface area (Å²) in [5.74, 6) is -0.271. The molecular formula is C23H24F7NO3. The summed E-state index contributed by atoms with van der Waals surface area (Å²) in [6.45, 7) is 3.46. The smallest absolute Gasteiger partial charge is 0.431 e. The number of rotatable bonds is 6. The van der Waals surface area contributed by atoms with Crippen molar-refractivity contribution < 1.29 is 45.0 Å². The van der Waals surface area contributed by atoms with Crippen molar-refractivity contribution >= 4 is 17.1 Å². The molecule has 1 saturated carbocycles. The van der Waals surface area contributed by atoms with Crippen molar-refractivity contribution in [1.82, 2.24) is 4.98 Å². The van der Waals surface area contributed by atoms with Gasteiger partial charge in [-0.25, -0.2) is 9.18 Å². The van der Waals surface area contributed by atoms with E-state index in [1.165, 1.54) is 0 Å². The van der Waals surface area contributed by atoms with Crippen LogP contribution in [0.15, 0.2) is 18.2 Å². The Morgan fingerprint density at radius 2 is 1.68 bits per heavy atom. The Labute approximate surface area is 191 Å². The van der Waals surface area contributed by atoms with Crippen molar-refractivity contribution in [1.29, 1.82) is 0 Å². The monoisotopic (exact) mass is 495 g/mol. The van der Waals surface area contributed by atoms with Crippen LogP contribution in [0.4, 0.5) is 35.5 Å². The number of ether oxygens (including phenoxy) is 2. The Hall–Kier alpha value is -2.59. The van der Waals surface area contributed by atoms with Crippen molar-refractivity contribution in [3.8, 4) is 5.75 Å². The van der Waals surface area contributed by atoms with E-state index in [1.807, 2.05) is 6.92 Å². The fraction of sp³-hybridized carbons (Fsp3) is 0.565. The molecule has 0 saturated heterocycles. The molecule has 1 aromatic carbocycles. The summed E-state index contributed by atoms with van der Waals surface area (Å²) in [5.41, 5.74) is -6.63. The highest BCUT2D eigenvalue weighted by Crippen LogP contribution is 2.53. The average Bonchev–Trinajstić information content (AvgIpc) is 3.23. The van der Waals surface area contributed by atoms with Gasteiger partial charge < -0.3 is 9.47 Å². The van der Waals surface area contributed by atoms with Gasteiger partial charge in [-0.3, -0.25) is 4.98 Å². The lowest BCUT2D eigenvalue weighted by atomic mass is 9.92. The summed E-state index contributed by atoms with van der Waals surface area (Å²) in [6, 6.07) is 1.64. The minimum absolute atomic E-state index is 0.0446. The van der Waals surface area contributed by atoms with Gasteiger partial charge in [0.2, 0.25) is 0 Å². The second-order valence-corrected chi connectivity index (χ2v) is 8.37. The van der Waals surface area contributed by atoms with Crippen molar-refractivity contribution in [2.45, 2.75) is 82.9 Å². The number of halogens is 7. The van der Waals surface area contributed by atoms with Gasteiger partial charge in [-0.2, -0.15) is 26.3 Å². The molecule has 0 spiro atoms. The molecule has 1 aliphatic rings. The summed E-state index contributed by atoms with van der Waals surface area (Å²) in [7, 11) is 0. The highest BCUT2D eigenvalue weighted by molar-refractivity contribution is 5.89. The highest BCUT2D eigenvalue weighted by atomic mass is 19.4. The molecule has 0 amide bonds. The Morgan fingerprint density at radius 3 is 2.24 bits per heavy atom. The van der Waals surface area contributed by atoms with Crippen LogP contribution in [0.2, 0.25) is 0 Å². The molecule has 0 atom stereocenters. The van der Waals surface area contributed by atoms with Gasteiger partial charge in [-0.05, 0) is 57.6 Å². The van der Waals surface area contributed by atoms with Gasteiger partial charge in [0.25, 0.3) is 0 Å².